The molecule has 2 rings (SSSR count). The fourth-order valence-electron chi connectivity index (χ4n) is 2.39. The van der Waals surface area contributed by atoms with E-state index in [-0.39, 0.29) is 24.3 Å². The van der Waals surface area contributed by atoms with E-state index in [4.69, 9.17) is 14.5 Å². The van der Waals surface area contributed by atoms with Crippen LogP contribution in [0.4, 0.5) is 0 Å². The fraction of sp³-hybridized carbons (Fsp3) is 0.647. The predicted molar refractivity (Wildman–Crippen MR) is 95.3 cm³/mol. The number of esters is 1. The zero-order chi connectivity index (χ0) is 18.8. The molecule has 0 bridgehead atoms. The van der Waals surface area contributed by atoms with E-state index >= 15 is 0 Å². The molecular formula is C17H27BN2O5+. The van der Waals surface area contributed by atoms with Crippen molar-refractivity contribution in [3.8, 4) is 0 Å². The van der Waals surface area contributed by atoms with E-state index in [1.54, 1.807) is 45.1 Å². The van der Waals surface area contributed by atoms with Crippen LogP contribution in [-0.4, -0.2) is 53.4 Å². The third kappa shape index (κ3) is 4.44. The van der Waals surface area contributed by atoms with Gasteiger partial charge in [-0.05, 0) is 32.3 Å². The Morgan fingerprint density at radius 3 is 2.72 bits per heavy atom. The molecule has 0 fully saturated rings. The number of nitrogens with one attached hydrogen (secondary N) is 1. The minimum absolute atomic E-state index is 0.181. The van der Waals surface area contributed by atoms with Crippen molar-refractivity contribution >= 4 is 24.8 Å². The first-order valence-electron chi connectivity index (χ1n) is 8.47. The third-order valence-corrected chi connectivity index (χ3v) is 4.70. The Kier molecular flexibility index (Phi) is 5.63. The van der Waals surface area contributed by atoms with Gasteiger partial charge in [0.2, 0.25) is 0 Å². The van der Waals surface area contributed by atoms with Crippen LogP contribution in [0.25, 0.3) is 0 Å². The molecule has 25 heavy (non-hydrogen) atoms. The van der Waals surface area contributed by atoms with Gasteiger partial charge in [0.15, 0.2) is 5.60 Å². The zero-order valence-corrected chi connectivity index (χ0v) is 15.5. The smallest absolute Gasteiger partial charge is 0.332 e. The molecule has 1 aliphatic rings. The van der Waals surface area contributed by atoms with Crippen molar-refractivity contribution in [2.45, 2.75) is 58.3 Å². The van der Waals surface area contributed by atoms with Crippen LogP contribution >= 0.6 is 0 Å². The lowest BCUT2D eigenvalue weighted by Crippen LogP contribution is -2.49. The lowest BCUT2D eigenvalue weighted by molar-refractivity contribution is -0.144. The number of aromatic nitrogens is 1. The topological polar surface area (TPSA) is 92.5 Å². The van der Waals surface area contributed by atoms with E-state index < -0.39 is 11.2 Å². The maximum Gasteiger partial charge on any atom is 0.332 e. The molecule has 0 spiro atoms. The maximum absolute atomic E-state index is 12.1. The molecule has 8 heteroatoms. The average Bonchev–Trinajstić information content (AvgIpc) is 2.93. The monoisotopic (exact) mass is 350 g/mol. The predicted octanol–water partition coefficient (Wildman–Crippen LogP) is 0.269. The summed E-state index contributed by atoms with van der Waals surface area (Å²) in [5, 5.41) is 10.9. The van der Waals surface area contributed by atoms with E-state index in [9.17, 15) is 9.59 Å². The van der Waals surface area contributed by atoms with Gasteiger partial charge in [0.25, 0.3) is 5.91 Å². The highest BCUT2D eigenvalue weighted by Gasteiger charge is 2.40. The molecule has 1 aliphatic heterocycles. The van der Waals surface area contributed by atoms with Gasteiger partial charge < -0.3 is 24.4 Å². The fourth-order valence-corrected chi connectivity index (χ4v) is 2.39. The molecule has 0 saturated heterocycles. The van der Waals surface area contributed by atoms with E-state index in [1.165, 1.54) is 0 Å². The summed E-state index contributed by atoms with van der Waals surface area (Å²) in [5.74, 6) is -0.470. The van der Waals surface area contributed by atoms with Crippen molar-refractivity contribution in [2.75, 3.05) is 13.2 Å². The summed E-state index contributed by atoms with van der Waals surface area (Å²) in [6.45, 7) is 9.75. The number of rotatable bonds is 7. The first-order valence-corrected chi connectivity index (χ1v) is 8.47. The van der Waals surface area contributed by atoms with Gasteiger partial charge in [-0.25, -0.2) is 0 Å². The van der Waals surface area contributed by atoms with E-state index in [1.807, 2.05) is 13.8 Å². The Morgan fingerprint density at radius 1 is 1.44 bits per heavy atom. The summed E-state index contributed by atoms with van der Waals surface area (Å²) in [7, 11) is 1.57. The van der Waals surface area contributed by atoms with Gasteiger partial charge in [0.1, 0.15) is 11.3 Å². The number of nitrogens with zero attached hydrogens (tertiary/aromatic N) is 1. The van der Waals surface area contributed by atoms with Crippen LogP contribution in [0.3, 0.4) is 0 Å². The van der Waals surface area contributed by atoms with Gasteiger partial charge in [-0.1, -0.05) is 0 Å². The minimum Gasteiger partial charge on any atom is -0.466 e. The highest BCUT2D eigenvalue weighted by molar-refractivity contribution is 6.47. The highest BCUT2D eigenvalue weighted by atomic mass is 16.5. The highest BCUT2D eigenvalue weighted by Crippen LogP contribution is 2.24. The average molecular weight is 350 g/mol. The molecule has 1 unspecified atom stereocenters. The van der Waals surface area contributed by atoms with Crippen LogP contribution in [-0.2, 0) is 14.2 Å². The molecule has 1 aromatic rings. The Bertz CT molecular complexity index is 648. The lowest BCUT2D eigenvalue weighted by atomic mass is 9.84. The van der Waals surface area contributed by atoms with Crippen LogP contribution in [0.2, 0.25) is 0 Å². The van der Waals surface area contributed by atoms with Crippen molar-refractivity contribution in [3.63, 3.8) is 0 Å². The number of carbonyl (C=O) groups is 2. The Labute approximate surface area is 149 Å². The van der Waals surface area contributed by atoms with Crippen LogP contribution in [0.15, 0.2) is 12.3 Å². The van der Waals surface area contributed by atoms with Gasteiger partial charge in [0.05, 0.1) is 19.1 Å². The summed E-state index contributed by atoms with van der Waals surface area (Å²) in [6, 6.07) is 1.54. The Balaban J connectivity index is 2.14. The van der Waals surface area contributed by atoms with Gasteiger partial charge in [-0.3, -0.25) is 9.59 Å². The van der Waals surface area contributed by atoms with Crippen molar-refractivity contribution in [2.24, 2.45) is 0 Å². The molecule has 0 aliphatic carbocycles. The largest absolute Gasteiger partial charge is 0.466 e. The zero-order valence-electron chi connectivity index (χ0n) is 15.5. The standard InChI is InChI=1S/C17H26BN2O5/c1-6-24-14(21)8-12-9-19-15(22)13-7-11(10-20(12)13)18-25-17(4,5)16(2,3)23/h7,10,12,23H,6,8-9H2,1-5H3,(H,19,22)/p+1. The van der Waals surface area contributed by atoms with E-state index in [0.29, 0.717) is 18.8 Å². The summed E-state index contributed by atoms with van der Waals surface area (Å²) < 4.78 is 12.6. The van der Waals surface area contributed by atoms with Gasteiger partial charge in [-0.2, -0.15) is 0 Å². The number of carbonyl (C=O) groups excluding carboxylic acids is 2. The van der Waals surface area contributed by atoms with Crippen LogP contribution in [0.1, 0.15) is 57.6 Å². The van der Waals surface area contributed by atoms with Crippen molar-refractivity contribution in [3.05, 3.63) is 18.0 Å². The Hall–Kier alpha value is -1.80. The molecule has 1 amide bonds. The van der Waals surface area contributed by atoms with E-state index in [2.05, 4.69) is 5.32 Å². The molecule has 7 nitrogen and oxygen atoms in total. The number of hydrogen-bond acceptors (Lipinski definition) is 4. The molecule has 137 valence electrons. The van der Waals surface area contributed by atoms with Gasteiger partial charge in [-0.15, -0.1) is 0 Å². The summed E-state index contributed by atoms with van der Waals surface area (Å²) in [4.78, 5) is 23.9. The second kappa shape index (κ2) is 7.21. The van der Waals surface area contributed by atoms with Crippen molar-refractivity contribution in [1.82, 2.24) is 9.88 Å². The summed E-state index contributed by atoms with van der Waals surface area (Å²) >= 11 is 0. The van der Waals surface area contributed by atoms with Crippen molar-refractivity contribution < 1.29 is 24.1 Å². The third-order valence-electron chi connectivity index (χ3n) is 4.70. The molecule has 0 aromatic carbocycles. The molecule has 0 saturated carbocycles. The number of ether oxygens (including phenoxy) is 1. The number of hydrogen-bond donors (Lipinski definition) is 1. The van der Waals surface area contributed by atoms with Crippen LogP contribution < -0.4 is 10.8 Å². The minimum atomic E-state index is -0.785. The molecule has 1 radical (unpaired) electrons. The number of amides is 1. The normalized spacial score (nSPS) is 17.7. The van der Waals surface area contributed by atoms with E-state index in [0.717, 1.165) is 5.46 Å². The molecule has 1 aromatic heterocycles. The summed E-state index contributed by atoms with van der Waals surface area (Å²) in [5.41, 5.74) is -0.272. The Morgan fingerprint density at radius 2 is 2.12 bits per heavy atom. The van der Waals surface area contributed by atoms with Crippen LogP contribution in [0, 0.1) is 0 Å². The SMILES string of the molecule is CCOC(=O)CC1CNC(=O)c2cc([B]OC(C)(C)C(C)(C)[OH2+])cn21. The maximum atomic E-state index is 12.1. The molecule has 2 heterocycles. The lowest BCUT2D eigenvalue weighted by Gasteiger charge is -2.33. The molecule has 1 atom stereocenters. The summed E-state index contributed by atoms with van der Waals surface area (Å²) in [6.07, 6.45) is 1.99. The number of fused-ring (bicyclic) bond motifs is 1. The quantitative estimate of drug-likeness (QED) is 0.434. The molecule has 3 N–H and O–H groups in total. The van der Waals surface area contributed by atoms with Crippen molar-refractivity contribution in [1.29, 1.82) is 0 Å². The van der Waals surface area contributed by atoms with Gasteiger partial charge >= 0.3 is 13.5 Å². The second-order valence-electron chi connectivity index (χ2n) is 7.31. The first-order chi connectivity index (χ1) is 11.5. The van der Waals surface area contributed by atoms with Crippen LogP contribution in [0.5, 0.6) is 0 Å². The molecular weight excluding hydrogens is 323 g/mol. The van der Waals surface area contributed by atoms with Gasteiger partial charge in [0, 0.05) is 26.6 Å². The first kappa shape index (κ1) is 19.5. The second-order valence-corrected chi connectivity index (χ2v) is 7.31.